The molecule has 3 N–H and O–H groups in total. The molecule has 132 valence electrons. The van der Waals surface area contributed by atoms with E-state index in [0.717, 1.165) is 23.2 Å². The summed E-state index contributed by atoms with van der Waals surface area (Å²) in [5.74, 6) is 0.135. The summed E-state index contributed by atoms with van der Waals surface area (Å²) in [4.78, 5) is 17.1. The van der Waals surface area contributed by atoms with Gasteiger partial charge in [-0.15, -0.1) is 16.4 Å². The number of anilines is 1. The summed E-state index contributed by atoms with van der Waals surface area (Å²) in [6.07, 6.45) is 5.55. The third kappa shape index (κ3) is 3.16. The Balaban J connectivity index is 1.48. The Bertz CT molecular complexity index is 1080. The van der Waals surface area contributed by atoms with Crippen molar-refractivity contribution in [2.24, 2.45) is 0 Å². The fourth-order valence-electron chi connectivity index (χ4n) is 2.62. The first kappa shape index (κ1) is 16.3. The quantitative estimate of drug-likeness (QED) is 0.563. The number of aromatic nitrogens is 5. The molecule has 4 heterocycles. The number of amides is 1. The Labute approximate surface area is 153 Å². The van der Waals surface area contributed by atoms with Crippen molar-refractivity contribution in [3.63, 3.8) is 0 Å². The van der Waals surface area contributed by atoms with Crippen LogP contribution < -0.4 is 11.1 Å². The zero-order valence-corrected chi connectivity index (χ0v) is 14.9. The Morgan fingerprint density at radius 2 is 2.19 bits per heavy atom. The maximum atomic E-state index is 12.4. The number of hydrogen-bond donors (Lipinski definition) is 2. The lowest BCUT2D eigenvalue weighted by Crippen LogP contribution is -2.21. The summed E-state index contributed by atoms with van der Waals surface area (Å²) in [7, 11) is 0. The van der Waals surface area contributed by atoms with Crippen LogP contribution in [0, 0.1) is 0 Å². The van der Waals surface area contributed by atoms with Crippen molar-refractivity contribution >= 4 is 28.8 Å². The van der Waals surface area contributed by atoms with Gasteiger partial charge in [-0.05, 0) is 36.1 Å². The molecular formula is C17H17N7OS. The van der Waals surface area contributed by atoms with Gasteiger partial charge in [0.1, 0.15) is 0 Å². The second-order valence-electron chi connectivity index (χ2n) is 5.78. The Kier molecular flexibility index (Phi) is 4.13. The zero-order valence-electron chi connectivity index (χ0n) is 14.1. The highest BCUT2D eigenvalue weighted by atomic mass is 32.1. The summed E-state index contributed by atoms with van der Waals surface area (Å²) >= 11 is 1.41. The van der Waals surface area contributed by atoms with Gasteiger partial charge in [-0.2, -0.15) is 10.1 Å². The van der Waals surface area contributed by atoms with Crippen molar-refractivity contribution in [3.8, 4) is 11.1 Å². The van der Waals surface area contributed by atoms with E-state index in [9.17, 15) is 4.79 Å². The number of nitrogens with two attached hydrogens (primary N) is 1. The Hall–Kier alpha value is -3.20. The van der Waals surface area contributed by atoms with Crippen LogP contribution in [-0.4, -0.2) is 30.3 Å². The number of nitrogen functional groups attached to an aromatic ring is 1. The monoisotopic (exact) mass is 367 g/mol. The molecule has 0 radical (unpaired) electrons. The van der Waals surface area contributed by atoms with E-state index in [0.29, 0.717) is 17.1 Å². The molecule has 0 atom stereocenters. The van der Waals surface area contributed by atoms with Gasteiger partial charge in [0.15, 0.2) is 5.65 Å². The highest BCUT2D eigenvalue weighted by Crippen LogP contribution is 2.26. The molecule has 0 aliphatic rings. The average Bonchev–Trinajstić information content (AvgIpc) is 3.37. The van der Waals surface area contributed by atoms with Crippen molar-refractivity contribution in [3.05, 3.63) is 52.6 Å². The van der Waals surface area contributed by atoms with Crippen LogP contribution in [0.5, 0.6) is 0 Å². The molecule has 8 nitrogen and oxygen atoms in total. The van der Waals surface area contributed by atoms with E-state index < -0.39 is 0 Å². The predicted octanol–water partition coefficient (Wildman–Crippen LogP) is 2.19. The lowest BCUT2D eigenvalue weighted by Gasteiger charge is -2.01. The number of nitrogens with zero attached hydrogens (tertiary/aromatic N) is 5. The van der Waals surface area contributed by atoms with Crippen LogP contribution in [0.2, 0.25) is 0 Å². The molecule has 4 aromatic rings. The fraction of sp³-hybridized carbons (Fsp3) is 0.176. The highest BCUT2D eigenvalue weighted by molar-refractivity contribution is 7.12. The van der Waals surface area contributed by atoms with Gasteiger partial charge in [-0.25, -0.2) is 4.52 Å². The zero-order chi connectivity index (χ0) is 18.1. The van der Waals surface area contributed by atoms with Crippen LogP contribution in [0.3, 0.4) is 0 Å². The van der Waals surface area contributed by atoms with E-state index in [4.69, 9.17) is 5.73 Å². The number of fused-ring (bicyclic) bond motifs is 1. The number of carbonyl (C=O) groups is 1. The first-order valence-electron chi connectivity index (χ1n) is 8.12. The fourth-order valence-corrected chi connectivity index (χ4v) is 3.45. The molecule has 0 unspecified atom stereocenters. The first-order chi connectivity index (χ1) is 12.6. The van der Waals surface area contributed by atoms with Crippen LogP contribution in [0.4, 0.5) is 5.95 Å². The van der Waals surface area contributed by atoms with Crippen LogP contribution in [0.1, 0.15) is 22.2 Å². The number of thiophene rings is 1. The number of aryl methyl sites for hydroxylation is 1. The van der Waals surface area contributed by atoms with Crippen molar-refractivity contribution in [2.45, 2.75) is 20.0 Å². The van der Waals surface area contributed by atoms with Crippen LogP contribution in [0.15, 0.2) is 42.2 Å². The minimum Gasteiger partial charge on any atom is -0.366 e. The van der Waals surface area contributed by atoms with Crippen molar-refractivity contribution in [1.29, 1.82) is 0 Å². The number of rotatable bonds is 5. The molecule has 0 bridgehead atoms. The van der Waals surface area contributed by atoms with Gasteiger partial charge in [-0.1, -0.05) is 0 Å². The summed E-state index contributed by atoms with van der Waals surface area (Å²) in [5, 5.41) is 13.2. The summed E-state index contributed by atoms with van der Waals surface area (Å²) in [5.41, 5.74) is 9.18. The predicted molar refractivity (Wildman–Crippen MR) is 99.8 cm³/mol. The molecule has 4 rings (SSSR count). The van der Waals surface area contributed by atoms with E-state index in [1.54, 1.807) is 10.7 Å². The van der Waals surface area contributed by atoms with Gasteiger partial charge in [0.2, 0.25) is 5.95 Å². The summed E-state index contributed by atoms with van der Waals surface area (Å²) in [6, 6.07) is 5.66. The smallest absolute Gasteiger partial charge is 0.261 e. The third-order valence-corrected chi connectivity index (χ3v) is 4.90. The lowest BCUT2D eigenvalue weighted by molar-refractivity contribution is 0.0955. The van der Waals surface area contributed by atoms with Crippen LogP contribution in [-0.2, 0) is 13.1 Å². The molecule has 0 aliphatic carbocycles. The minimum absolute atomic E-state index is 0.100. The largest absolute Gasteiger partial charge is 0.366 e. The molecule has 26 heavy (non-hydrogen) atoms. The molecule has 4 aromatic heterocycles. The third-order valence-electron chi connectivity index (χ3n) is 3.97. The van der Waals surface area contributed by atoms with E-state index in [-0.39, 0.29) is 11.9 Å². The molecule has 0 aromatic carbocycles. The SMILES string of the molecule is CCn1cc(CNC(=O)c2cc(-c3ccc4nc(N)nn4c3)cs2)cn1. The van der Waals surface area contributed by atoms with Crippen molar-refractivity contribution in [1.82, 2.24) is 29.7 Å². The van der Waals surface area contributed by atoms with Gasteiger partial charge >= 0.3 is 0 Å². The molecule has 9 heteroatoms. The molecule has 0 fully saturated rings. The van der Waals surface area contributed by atoms with Gasteiger partial charge in [0.25, 0.3) is 5.91 Å². The van der Waals surface area contributed by atoms with Gasteiger partial charge in [-0.3, -0.25) is 9.48 Å². The minimum atomic E-state index is -0.100. The molecule has 0 spiro atoms. The van der Waals surface area contributed by atoms with Crippen molar-refractivity contribution < 1.29 is 4.79 Å². The summed E-state index contributed by atoms with van der Waals surface area (Å²) < 4.78 is 3.46. The van der Waals surface area contributed by atoms with E-state index in [2.05, 4.69) is 20.5 Å². The molecule has 0 saturated heterocycles. The van der Waals surface area contributed by atoms with E-state index in [1.165, 1.54) is 11.3 Å². The van der Waals surface area contributed by atoms with Gasteiger partial charge in [0.05, 0.1) is 11.1 Å². The highest BCUT2D eigenvalue weighted by Gasteiger charge is 2.11. The Morgan fingerprint density at radius 3 is 3.00 bits per heavy atom. The topological polar surface area (TPSA) is 103 Å². The van der Waals surface area contributed by atoms with Crippen molar-refractivity contribution in [2.75, 3.05) is 5.73 Å². The number of carbonyl (C=O) groups excluding carboxylic acids is 1. The summed E-state index contributed by atoms with van der Waals surface area (Å²) in [6.45, 7) is 3.29. The number of hydrogen-bond acceptors (Lipinski definition) is 6. The second kappa shape index (κ2) is 6.60. The standard InChI is InChI=1S/C17H17N7OS/c1-2-23-8-11(7-20-23)6-19-16(25)14-5-13(10-26-14)12-3-4-15-21-17(18)22-24(15)9-12/h3-5,7-10H,2,6H2,1H3,(H2,18,22)(H,19,25). The first-order valence-corrected chi connectivity index (χ1v) is 9.00. The van der Waals surface area contributed by atoms with E-state index in [1.807, 2.05) is 47.6 Å². The van der Waals surface area contributed by atoms with E-state index >= 15 is 0 Å². The average molecular weight is 367 g/mol. The normalized spacial score (nSPS) is 11.1. The number of pyridine rings is 1. The van der Waals surface area contributed by atoms with Gasteiger partial charge in [0, 0.05) is 36.6 Å². The molecule has 0 saturated carbocycles. The maximum Gasteiger partial charge on any atom is 0.261 e. The second-order valence-corrected chi connectivity index (χ2v) is 6.69. The van der Waals surface area contributed by atoms with Gasteiger partial charge < -0.3 is 11.1 Å². The maximum absolute atomic E-state index is 12.4. The van der Waals surface area contributed by atoms with Crippen LogP contribution >= 0.6 is 11.3 Å². The number of nitrogens with one attached hydrogen (secondary N) is 1. The molecule has 0 aliphatic heterocycles. The Morgan fingerprint density at radius 1 is 1.31 bits per heavy atom. The van der Waals surface area contributed by atoms with Crippen LogP contribution in [0.25, 0.3) is 16.8 Å². The lowest BCUT2D eigenvalue weighted by atomic mass is 10.1. The molecular weight excluding hydrogens is 350 g/mol. The molecule has 1 amide bonds.